The number of carbonyl (C=O) groups is 1. The molecular weight excluding hydrogens is 264 g/mol. The van der Waals surface area contributed by atoms with Gasteiger partial charge in [0.1, 0.15) is 11.9 Å². The van der Waals surface area contributed by atoms with E-state index < -0.39 is 0 Å². The number of carbonyl (C=O) groups excluding carboxylic acids is 1. The van der Waals surface area contributed by atoms with Crippen LogP contribution in [-0.4, -0.2) is 24.5 Å². The summed E-state index contributed by atoms with van der Waals surface area (Å²) in [6.45, 7) is 2.63. The van der Waals surface area contributed by atoms with Crippen molar-refractivity contribution in [2.75, 3.05) is 19.0 Å². The van der Waals surface area contributed by atoms with Crippen LogP contribution < -0.4 is 10.1 Å². The lowest BCUT2D eigenvalue weighted by atomic mass is 10.0. The Kier molecular flexibility index (Phi) is 3.52. The molecule has 1 amide bonds. The van der Waals surface area contributed by atoms with Crippen LogP contribution in [0, 0.1) is 0 Å². The number of methoxy groups -OCH3 is 1. The van der Waals surface area contributed by atoms with Crippen molar-refractivity contribution < 1.29 is 9.53 Å². The summed E-state index contributed by atoms with van der Waals surface area (Å²) in [7, 11) is 1.64. The highest BCUT2D eigenvalue weighted by atomic mass is 16.5. The van der Waals surface area contributed by atoms with Crippen molar-refractivity contribution in [3.63, 3.8) is 0 Å². The number of nitrogens with zero attached hydrogens (tertiary/aromatic N) is 1. The first-order valence-electron chi connectivity index (χ1n) is 7.05. The van der Waals surface area contributed by atoms with Crippen LogP contribution >= 0.6 is 0 Å². The van der Waals surface area contributed by atoms with Gasteiger partial charge in [-0.05, 0) is 36.8 Å². The van der Waals surface area contributed by atoms with E-state index in [1.165, 1.54) is 0 Å². The van der Waals surface area contributed by atoms with Gasteiger partial charge in [-0.25, -0.2) is 0 Å². The number of nitrogens with one attached hydrogen (secondary N) is 1. The molecule has 0 saturated carbocycles. The second-order valence-electron chi connectivity index (χ2n) is 4.96. The summed E-state index contributed by atoms with van der Waals surface area (Å²) < 4.78 is 5.28. The van der Waals surface area contributed by atoms with E-state index in [0.717, 1.165) is 22.6 Å². The number of fused-ring (bicyclic) bond motifs is 1. The number of para-hydroxylation sites is 1. The molecule has 4 nitrogen and oxygen atoms in total. The lowest BCUT2D eigenvalue weighted by molar-refractivity contribution is 0.0694. The first kappa shape index (κ1) is 13.5. The van der Waals surface area contributed by atoms with Gasteiger partial charge in [-0.15, -0.1) is 0 Å². The standard InChI is InChI=1S/C17H18N2O2/c1-3-19-16(12-7-6-8-13(11-12)21-2)18-15-10-5-4-9-14(15)17(19)20/h4-11,16,18H,3H2,1-2H3/t16-/m0/s1. The summed E-state index contributed by atoms with van der Waals surface area (Å²) in [5.74, 6) is 0.844. The molecule has 3 rings (SSSR count). The molecule has 0 aromatic heterocycles. The molecule has 0 aliphatic carbocycles. The molecule has 0 unspecified atom stereocenters. The van der Waals surface area contributed by atoms with Crippen molar-refractivity contribution >= 4 is 11.6 Å². The average molecular weight is 282 g/mol. The zero-order valence-electron chi connectivity index (χ0n) is 12.2. The Morgan fingerprint density at radius 1 is 1.19 bits per heavy atom. The van der Waals surface area contributed by atoms with Crippen molar-refractivity contribution in [3.05, 3.63) is 59.7 Å². The lowest BCUT2D eigenvalue weighted by Gasteiger charge is -2.37. The quantitative estimate of drug-likeness (QED) is 0.939. The van der Waals surface area contributed by atoms with Crippen LogP contribution in [0.3, 0.4) is 0 Å². The molecule has 1 atom stereocenters. The summed E-state index contributed by atoms with van der Waals surface area (Å²) in [6, 6.07) is 15.4. The largest absolute Gasteiger partial charge is 0.497 e. The second kappa shape index (κ2) is 5.48. The van der Waals surface area contributed by atoms with Gasteiger partial charge in [0.25, 0.3) is 5.91 Å². The van der Waals surface area contributed by atoms with Gasteiger partial charge in [0.05, 0.1) is 12.7 Å². The number of rotatable bonds is 3. The van der Waals surface area contributed by atoms with Crippen LogP contribution in [0.15, 0.2) is 48.5 Å². The number of hydrogen-bond donors (Lipinski definition) is 1. The van der Waals surface area contributed by atoms with Gasteiger partial charge in [0.2, 0.25) is 0 Å². The zero-order valence-corrected chi connectivity index (χ0v) is 12.2. The van der Waals surface area contributed by atoms with Crippen LogP contribution in [0.25, 0.3) is 0 Å². The summed E-state index contributed by atoms with van der Waals surface area (Å²) in [4.78, 5) is 14.5. The van der Waals surface area contributed by atoms with Gasteiger partial charge >= 0.3 is 0 Å². The molecular formula is C17H18N2O2. The third kappa shape index (κ3) is 2.33. The SMILES string of the molecule is CCN1C(=O)c2ccccc2N[C@@H]1c1cccc(OC)c1. The number of hydrogen-bond acceptors (Lipinski definition) is 3. The van der Waals surface area contributed by atoms with Gasteiger partial charge in [-0.1, -0.05) is 24.3 Å². The normalized spacial score (nSPS) is 17.1. The minimum Gasteiger partial charge on any atom is -0.497 e. The molecule has 2 aromatic rings. The maximum absolute atomic E-state index is 12.6. The van der Waals surface area contributed by atoms with E-state index in [4.69, 9.17) is 4.74 Å². The highest BCUT2D eigenvalue weighted by Gasteiger charge is 2.31. The highest BCUT2D eigenvalue weighted by molar-refractivity contribution is 6.01. The lowest BCUT2D eigenvalue weighted by Crippen LogP contribution is -2.42. The summed E-state index contributed by atoms with van der Waals surface area (Å²) >= 11 is 0. The first-order chi connectivity index (χ1) is 10.2. The fraction of sp³-hybridized carbons (Fsp3) is 0.235. The van der Waals surface area contributed by atoms with Crippen LogP contribution in [-0.2, 0) is 0 Å². The number of anilines is 1. The third-order valence-corrected chi connectivity index (χ3v) is 3.77. The smallest absolute Gasteiger partial charge is 0.257 e. The third-order valence-electron chi connectivity index (χ3n) is 3.77. The number of benzene rings is 2. The molecule has 1 N–H and O–H groups in total. The molecule has 2 aromatic carbocycles. The Labute approximate surface area is 124 Å². The number of amides is 1. The molecule has 0 bridgehead atoms. The zero-order chi connectivity index (χ0) is 14.8. The Hall–Kier alpha value is -2.49. The minimum absolute atomic E-state index is 0.0552. The topological polar surface area (TPSA) is 41.6 Å². The molecule has 1 heterocycles. The van der Waals surface area contributed by atoms with E-state index in [2.05, 4.69) is 5.32 Å². The summed E-state index contributed by atoms with van der Waals surface area (Å²) in [5.41, 5.74) is 2.61. The molecule has 0 saturated heterocycles. The van der Waals surface area contributed by atoms with Crippen LogP contribution in [0.4, 0.5) is 5.69 Å². The van der Waals surface area contributed by atoms with Crippen LogP contribution in [0.2, 0.25) is 0 Å². The van der Waals surface area contributed by atoms with E-state index in [0.29, 0.717) is 6.54 Å². The van der Waals surface area contributed by atoms with Crippen molar-refractivity contribution in [2.24, 2.45) is 0 Å². The fourth-order valence-electron chi connectivity index (χ4n) is 2.69. The van der Waals surface area contributed by atoms with Gasteiger partial charge in [-0.3, -0.25) is 4.79 Å². The Morgan fingerprint density at radius 2 is 2.00 bits per heavy atom. The molecule has 21 heavy (non-hydrogen) atoms. The molecule has 0 radical (unpaired) electrons. The van der Waals surface area contributed by atoms with E-state index in [-0.39, 0.29) is 12.1 Å². The summed E-state index contributed by atoms with van der Waals surface area (Å²) in [5, 5.41) is 3.45. The van der Waals surface area contributed by atoms with Crippen LogP contribution in [0.1, 0.15) is 29.0 Å². The monoisotopic (exact) mass is 282 g/mol. The number of ether oxygens (including phenoxy) is 1. The maximum Gasteiger partial charge on any atom is 0.257 e. The predicted molar refractivity (Wildman–Crippen MR) is 82.5 cm³/mol. The molecule has 108 valence electrons. The second-order valence-corrected chi connectivity index (χ2v) is 4.96. The molecule has 0 fully saturated rings. The summed E-state index contributed by atoms with van der Waals surface area (Å²) in [6.07, 6.45) is -0.174. The first-order valence-corrected chi connectivity index (χ1v) is 7.05. The van der Waals surface area contributed by atoms with Crippen LogP contribution in [0.5, 0.6) is 5.75 Å². The van der Waals surface area contributed by atoms with Gasteiger partial charge in [0, 0.05) is 12.2 Å². The fourth-order valence-corrected chi connectivity index (χ4v) is 2.69. The Balaban J connectivity index is 2.04. The predicted octanol–water partition coefficient (Wildman–Crippen LogP) is 3.28. The minimum atomic E-state index is -0.174. The molecule has 0 spiro atoms. The van der Waals surface area contributed by atoms with E-state index in [9.17, 15) is 4.79 Å². The molecule has 1 aliphatic heterocycles. The van der Waals surface area contributed by atoms with E-state index in [1.54, 1.807) is 7.11 Å². The highest BCUT2D eigenvalue weighted by Crippen LogP contribution is 2.33. The Bertz CT molecular complexity index is 669. The van der Waals surface area contributed by atoms with E-state index >= 15 is 0 Å². The molecule has 4 heteroatoms. The van der Waals surface area contributed by atoms with Gasteiger partial charge < -0.3 is 15.0 Å². The van der Waals surface area contributed by atoms with Crippen molar-refractivity contribution in [3.8, 4) is 5.75 Å². The van der Waals surface area contributed by atoms with Gasteiger partial charge in [0.15, 0.2) is 0 Å². The molecule has 1 aliphatic rings. The maximum atomic E-state index is 12.6. The van der Waals surface area contributed by atoms with Crippen molar-refractivity contribution in [1.29, 1.82) is 0 Å². The van der Waals surface area contributed by atoms with Gasteiger partial charge in [-0.2, -0.15) is 0 Å². The Morgan fingerprint density at radius 3 is 2.76 bits per heavy atom. The van der Waals surface area contributed by atoms with E-state index in [1.807, 2.05) is 60.4 Å². The van der Waals surface area contributed by atoms with Crippen molar-refractivity contribution in [2.45, 2.75) is 13.1 Å². The average Bonchev–Trinajstić information content (AvgIpc) is 2.55. The van der Waals surface area contributed by atoms with Crippen molar-refractivity contribution in [1.82, 2.24) is 4.90 Å².